The van der Waals surface area contributed by atoms with Crippen molar-refractivity contribution in [1.82, 2.24) is 4.72 Å². The van der Waals surface area contributed by atoms with E-state index in [-0.39, 0.29) is 10.6 Å². The fraction of sp³-hybridized carbons (Fsp3) is 0.500. The summed E-state index contributed by atoms with van der Waals surface area (Å²) in [5.41, 5.74) is 5.68. The molecule has 0 fully saturated rings. The van der Waals surface area contributed by atoms with E-state index in [0.717, 1.165) is 4.88 Å². The lowest BCUT2D eigenvalue weighted by atomic mass is 10.3. The molecule has 1 rings (SSSR count). The van der Waals surface area contributed by atoms with Crippen molar-refractivity contribution in [3.8, 4) is 0 Å². The zero-order valence-electron chi connectivity index (χ0n) is 11.9. The van der Waals surface area contributed by atoms with Gasteiger partial charge < -0.3 is 10.6 Å². The Morgan fingerprint density at radius 3 is 2.70 bits per heavy atom. The van der Waals surface area contributed by atoms with Gasteiger partial charge in [0.1, 0.15) is 0 Å². The predicted octanol–water partition coefficient (Wildman–Crippen LogP) is 1.48. The smallest absolute Gasteiger partial charge is 0.332 e. The highest BCUT2D eigenvalue weighted by molar-refractivity contribution is 7.84. The second-order valence-corrected chi connectivity index (χ2v) is 8.25. The van der Waals surface area contributed by atoms with Crippen molar-refractivity contribution in [1.29, 1.82) is 0 Å². The molecule has 0 aliphatic heterocycles. The summed E-state index contributed by atoms with van der Waals surface area (Å²) in [7, 11) is -1.12. The van der Waals surface area contributed by atoms with E-state index < -0.39 is 17.0 Å². The van der Waals surface area contributed by atoms with Gasteiger partial charge in [0, 0.05) is 18.3 Å². The van der Waals surface area contributed by atoms with Crippen LogP contribution in [-0.4, -0.2) is 20.8 Å². The lowest BCUT2D eigenvalue weighted by Crippen LogP contribution is -2.32. The Morgan fingerprint density at radius 1 is 1.50 bits per heavy atom. The first-order valence-corrected chi connectivity index (χ1v) is 7.92. The molecular weight excluding hydrogens is 298 g/mol. The van der Waals surface area contributed by atoms with E-state index in [1.807, 2.05) is 26.8 Å². The number of hydrogen-bond donors (Lipinski definition) is 2. The van der Waals surface area contributed by atoms with Gasteiger partial charge in [-0.25, -0.2) is 13.7 Å². The molecule has 20 heavy (non-hydrogen) atoms. The van der Waals surface area contributed by atoms with Crippen LogP contribution in [0.2, 0.25) is 0 Å². The zero-order valence-corrected chi connectivity index (χ0v) is 13.6. The van der Waals surface area contributed by atoms with Crippen molar-refractivity contribution in [2.75, 3.05) is 0 Å². The van der Waals surface area contributed by atoms with Gasteiger partial charge in [-0.3, -0.25) is 0 Å². The molecule has 8 heteroatoms. The number of oxime groups is 1. The van der Waals surface area contributed by atoms with Gasteiger partial charge >= 0.3 is 5.97 Å². The Hall–Kier alpha value is -1.25. The molecular formula is C12H19N3O3S2. The van der Waals surface area contributed by atoms with E-state index in [1.54, 1.807) is 6.07 Å². The molecule has 0 aliphatic rings. The average Bonchev–Trinajstić information content (AvgIpc) is 2.80. The van der Waals surface area contributed by atoms with Crippen LogP contribution in [0.4, 0.5) is 0 Å². The molecule has 0 spiro atoms. The second kappa shape index (κ2) is 6.96. The maximum absolute atomic E-state index is 11.9. The van der Waals surface area contributed by atoms with Gasteiger partial charge in [-0.05, 0) is 32.9 Å². The molecule has 112 valence electrons. The third kappa shape index (κ3) is 5.40. The molecule has 0 aromatic carbocycles. The number of carbonyl (C=O) groups is 1. The Morgan fingerprint density at radius 2 is 2.15 bits per heavy atom. The number of hydrogen-bond acceptors (Lipinski definition) is 5. The van der Waals surface area contributed by atoms with E-state index in [9.17, 15) is 9.00 Å². The number of rotatable bonds is 5. The van der Waals surface area contributed by atoms with Crippen molar-refractivity contribution in [3.63, 3.8) is 0 Å². The van der Waals surface area contributed by atoms with Crippen molar-refractivity contribution >= 4 is 34.1 Å². The molecule has 0 radical (unpaired) electrons. The standard InChI is InChI=1S/C12H19N3O3S2/c1-8(16)18-15-11(13)10-6-5-9(19-10)7-14-20(17)12(2,3)4/h5-6,14H,7H2,1-4H3,(H2,13,15)/t20-/m0/s1. The van der Waals surface area contributed by atoms with Crippen LogP contribution < -0.4 is 10.5 Å². The molecule has 3 N–H and O–H groups in total. The van der Waals surface area contributed by atoms with Crippen molar-refractivity contribution in [2.24, 2.45) is 10.9 Å². The molecule has 6 nitrogen and oxygen atoms in total. The summed E-state index contributed by atoms with van der Waals surface area (Å²) < 4.78 is 14.5. The van der Waals surface area contributed by atoms with E-state index in [4.69, 9.17) is 5.73 Å². The van der Waals surface area contributed by atoms with E-state index in [0.29, 0.717) is 11.4 Å². The molecule has 1 aromatic heterocycles. The molecule has 0 saturated carbocycles. The number of amidine groups is 1. The largest absolute Gasteiger partial charge is 0.380 e. The van der Waals surface area contributed by atoms with Crippen LogP contribution in [0.25, 0.3) is 0 Å². The molecule has 1 atom stereocenters. The maximum atomic E-state index is 11.9. The first-order valence-electron chi connectivity index (χ1n) is 5.95. The maximum Gasteiger partial charge on any atom is 0.332 e. The number of nitrogens with two attached hydrogens (primary N) is 1. The summed E-state index contributed by atoms with van der Waals surface area (Å²) in [5, 5.41) is 3.52. The van der Waals surface area contributed by atoms with Gasteiger partial charge in [-0.15, -0.1) is 11.3 Å². The van der Waals surface area contributed by atoms with Crippen molar-refractivity contribution in [2.45, 2.75) is 39.0 Å². The summed E-state index contributed by atoms with van der Waals surface area (Å²) in [6, 6.07) is 3.65. The summed E-state index contributed by atoms with van der Waals surface area (Å²) in [4.78, 5) is 16.8. The number of nitrogens with zero attached hydrogens (tertiary/aromatic N) is 1. The van der Waals surface area contributed by atoms with Crippen LogP contribution in [-0.2, 0) is 27.2 Å². The van der Waals surface area contributed by atoms with Crippen LogP contribution in [0.3, 0.4) is 0 Å². The number of nitrogens with one attached hydrogen (secondary N) is 1. The second-order valence-electron chi connectivity index (χ2n) is 5.03. The lowest BCUT2D eigenvalue weighted by Gasteiger charge is -2.17. The Kier molecular flexibility index (Phi) is 5.85. The fourth-order valence-electron chi connectivity index (χ4n) is 1.12. The highest BCUT2D eigenvalue weighted by Crippen LogP contribution is 2.17. The molecule has 0 saturated heterocycles. The van der Waals surface area contributed by atoms with E-state index in [2.05, 4.69) is 14.7 Å². The van der Waals surface area contributed by atoms with Crippen LogP contribution in [0.1, 0.15) is 37.4 Å². The fourth-order valence-corrected chi connectivity index (χ4v) is 2.77. The van der Waals surface area contributed by atoms with Crippen LogP contribution in [0.15, 0.2) is 17.3 Å². The van der Waals surface area contributed by atoms with Gasteiger partial charge in [0.25, 0.3) is 0 Å². The SMILES string of the molecule is CC(=O)O/N=C(\N)c1ccc(CN[S@@](=O)C(C)(C)C)s1. The predicted molar refractivity (Wildman–Crippen MR) is 81.5 cm³/mol. The highest BCUT2D eigenvalue weighted by atomic mass is 32.2. The molecule has 0 bridgehead atoms. The average molecular weight is 317 g/mol. The Bertz CT molecular complexity index is 532. The van der Waals surface area contributed by atoms with E-state index >= 15 is 0 Å². The monoisotopic (exact) mass is 317 g/mol. The minimum absolute atomic E-state index is 0.147. The highest BCUT2D eigenvalue weighted by Gasteiger charge is 2.19. The number of carbonyl (C=O) groups excluding carboxylic acids is 1. The number of thiophene rings is 1. The summed E-state index contributed by atoms with van der Waals surface area (Å²) >= 11 is 1.40. The van der Waals surface area contributed by atoms with Gasteiger partial charge in [0.05, 0.1) is 20.6 Å². The minimum atomic E-state index is -1.12. The first kappa shape index (κ1) is 16.8. The third-order valence-corrected chi connectivity index (χ3v) is 4.75. The Balaban J connectivity index is 2.62. The first-order chi connectivity index (χ1) is 9.20. The molecule has 1 aromatic rings. The molecule has 0 amide bonds. The van der Waals surface area contributed by atoms with E-state index in [1.165, 1.54) is 18.3 Å². The molecule has 1 heterocycles. The lowest BCUT2D eigenvalue weighted by molar-refractivity contribution is -0.140. The molecule has 0 unspecified atom stereocenters. The van der Waals surface area contributed by atoms with Crippen LogP contribution in [0.5, 0.6) is 0 Å². The van der Waals surface area contributed by atoms with Gasteiger partial charge in [0.15, 0.2) is 5.84 Å². The van der Waals surface area contributed by atoms with Gasteiger partial charge in [-0.2, -0.15) is 0 Å². The van der Waals surface area contributed by atoms with Crippen LogP contribution >= 0.6 is 11.3 Å². The van der Waals surface area contributed by atoms with Crippen LogP contribution in [0, 0.1) is 0 Å². The zero-order chi connectivity index (χ0) is 15.3. The summed E-state index contributed by atoms with van der Waals surface area (Å²) in [5.74, 6) is -0.375. The quantitative estimate of drug-likeness (QED) is 0.372. The Labute approximate surface area is 125 Å². The molecule has 0 aliphatic carbocycles. The summed E-state index contributed by atoms with van der Waals surface area (Å²) in [6.07, 6.45) is 0. The normalized spacial score (nSPS) is 14.1. The van der Waals surface area contributed by atoms with Crippen molar-refractivity contribution < 1.29 is 13.8 Å². The van der Waals surface area contributed by atoms with Gasteiger partial charge in [0.2, 0.25) is 0 Å². The topological polar surface area (TPSA) is 93.8 Å². The summed E-state index contributed by atoms with van der Waals surface area (Å²) in [6.45, 7) is 7.44. The van der Waals surface area contributed by atoms with Crippen molar-refractivity contribution in [3.05, 3.63) is 21.9 Å². The third-order valence-electron chi connectivity index (χ3n) is 2.12. The van der Waals surface area contributed by atoms with Gasteiger partial charge in [-0.1, -0.05) is 5.16 Å². The minimum Gasteiger partial charge on any atom is -0.380 e.